The van der Waals surface area contributed by atoms with Crippen molar-refractivity contribution >= 4 is 0 Å². The van der Waals surface area contributed by atoms with Gasteiger partial charge in [0.25, 0.3) is 11.8 Å². The molecular weight excluding hydrogens is 218 g/mol. The Kier molecular flexibility index (Phi) is 2.99. The molecule has 1 aromatic rings. The van der Waals surface area contributed by atoms with Crippen LogP contribution < -0.4 is 20.6 Å². The van der Waals surface area contributed by atoms with E-state index < -0.39 is 0 Å². The molecule has 2 rings (SSSR count). The summed E-state index contributed by atoms with van der Waals surface area (Å²) in [7, 11) is 0. The van der Waals surface area contributed by atoms with E-state index in [0.717, 1.165) is 19.6 Å². The van der Waals surface area contributed by atoms with Crippen LogP contribution >= 0.6 is 0 Å². The monoisotopic (exact) mass is 239 g/mol. The summed E-state index contributed by atoms with van der Waals surface area (Å²) in [5, 5.41) is 13.4. The highest BCUT2D eigenvalue weighted by Crippen LogP contribution is 2.17. The van der Waals surface area contributed by atoms with E-state index in [1.165, 1.54) is 0 Å². The van der Waals surface area contributed by atoms with Gasteiger partial charge < -0.3 is 9.42 Å². The van der Waals surface area contributed by atoms with Crippen LogP contribution in [-0.4, -0.2) is 36.1 Å². The zero-order valence-electron chi connectivity index (χ0n) is 11.0. The Labute approximate surface area is 101 Å². The third kappa shape index (κ3) is 2.36. The van der Waals surface area contributed by atoms with E-state index in [4.69, 9.17) is 9.93 Å². The van der Waals surface area contributed by atoms with Crippen LogP contribution in [0.2, 0.25) is 0 Å². The van der Waals surface area contributed by atoms with Gasteiger partial charge >= 0.3 is 0 Å². The van der Waals surface area contributed by atoms with Gasteiger partial charge in [-0.05, 0) is 19.1 Å². The van der Waals surface area contributed by atoms with Crippen LogP contribution in [-0.2, 0) is 0 Å². The summed E-state index contributed by atoms with van der Waals surface area (Å²) in [6, 6.07) is 0.561. The number of nitrogens with zero attached hydrogens (tertiary/aromatic N) is 4. The molecule has 1 aliphatic rings. The maximum atomic E-state index is 7.38. The first-order chi connectivity index (χ1) is 7.90. The lowest BCUT2D eigenvalue weighted by molar-refractivity contribution is -0.771. The first kappa shape index (κ1) is 12.2. The van der Waals surface area contributed by atoms with Gasteiger partial charge in [0, 0.05) is 31.2 Å². The van der Waals surface area contributed by atoms with Gasteiger partial charge in [0.05, 0.1) is 0 Å². The van der Waals surface area contributed by atoms with E-state index in [9.17, 15) is 0 Å². The number of piperazine rings is 1. The number of rotatable bonds is 2. The molecule has 1 N–H and O–H groups in total. The van der Waals surface area contributed by atoms with Crippen LogP contribution in [0.1, 0.15) is 27.7 Å². The van der Waals surface area contributed by atoms with Crippen LogP contribution in [0.3, 0.4) is 0 Å². The quantitative estimate of drug-likeness (QED) is 0.703. The second-order valence-corrected chi connectivity index (χ2v) is 5.49. The lowest BCUT2D eigenvalue weighted by Gasteiger charge is -2.48. The molecule has 0 radical (unpaired) electrons. The van der Waals surface area contributed by atoms with Gasteiger partial charge in [-0.3, -0.25) is 10.4 Å². The van der Waals surface area contributed by atoms with Gasteiger partial charge in [-0.2, -0.15) is 0 Å². The summed E-state index contributed by atoms with van der Waals surface area (Å²) in [5.41, 5.74) is 0.0725. The Bertz CT molecular complexity index is 433. The Morgan fingerprint density at radius 1 is 1.47 bits per heavy atom. The van der Waals surface area contributed by atoms with Crippen LogP contribution in [0.5, 0.6) is 0 Å². The second kappa shape index (κ2) is 4.18. The minimum absolute atomic E-state index is 0.0174. The molecule has 17 heavy (non-hydrogen) atoms. The highest BCUT2D eigenvalue weighted by atomic mass is 16.5. The Morgan fingerprint density at radius 3 is 2.65 bits per heavy atom. The minimum Gasteiger partial charge on any atom is -0.380 e. The molecule has 6 heteroatoms. The van der Waals surface area contributed by atoms with Crippen LogP contribution in [0.25, 0.3) is 0 Å². The van der Waals surface area contributed by atoms with Gasteiger partial charge in [0.2, 0.25) is 0 Å². The fourth-order valence-corrected chi connectivity index (χ4v) is 2.36. The lowest BCUT2D eigenvalue weighted by Crippen LogP contribution is -2.75. The fourth-order valence-electron chi connectivity index (χ4n) is 2.36. The van der Waals surface area contributed by atoms with E-state index in [-0.39, 0.29) is 11.1 Å². The van der Waals surface area contributed by atoms with Gasteiger partial charge in [-0.1, -0.05) is 18.6 Å². The highest BCUT2D eigenvalue weighted by molar-refractivity contribution is 5.00. The molecule has 0 unspecified atom stereocenters. The van der Waals surface area contributed by atoms with Crippen molar-refractivity contribution in [1.29, 1.82) is 5.41 Å². The predicted octanol–water partition coefficient (Wildman–Crippen LogP) is -0.556. The third-order valence-electron chi connectivity index (χ3n) is 3.32. The van der Waals surface area contributed by atoms with Crippen LogP contribution in [0.4, 0.5) is 0 Å². The standard InChI is InChI=1S/C11H21N5O/c1-9(2)14-5-6-15(11(3,4)8-14)16-7-10(12)17-13-16/h7,9,12H,5-6,8H2,1-4H3. The molecule has 0 amide bonds. The summed E-state index contributed by atoms with van der Waals surface area (Å²) in [5.74, 6) is 0. The molecule has 1 aromatic heterocycles. The molecule has 2 heterocycles. The summed E-state index contributed by atoms with van der Waals surface area (Å²) in [6.45, 7) is 11.7. The van der Waals surface area contributed by atoms with Crippen molar-refractivity contribution in [2.45, 2.75) is 39.3 Å². The smallest absolute Gasteiger partial charge is 0.286 e. The van der Waals surface area contributed by atoms with E-state index >= 15 is 0 Å². The maximum absolute atomic E-state index is 7.38. The zero-order valence-corrected chi connectivity index (χ0v) is 11.0. The van der Waals surface area contributed by atoms with E-state index in [1.54, 1.807) is 11.0 Å². The van der Waals surface area contributed by atoms with Crippen molar-refractivity contribution in [3.63, 3.8) is 0 Å². The molecule has 0 aliphatic carbocycles. The van der Waals surface area contributed by atoms with Crippen LogP contribution in [0, 0.1) is 5.41 Å². The number of aromatic nitrogens is 2. The SMILES string of the molecule is CC(C)N1CCN([n+]2cc(=N)o[n-]2)C(C)(C)C1. The summed E-state index contributed by atoms with van der Waals surface area (Å²) >= 11 is 0. The normalized spacial score (nSPS) is 21.1. The number of hydrogen-bond acceptors (Lipinski definition) is 4. The average molecular weight is 239 g/mol. The summed E-state index contributed by atoms with van der Waals surface area (Å²) < 4.78 is 4.81. The largest absolute Gasteiger partial charge is 0.380 e. The third-order valence-corrected chi connectivity index (χ3v) is 3.32. The number of nitrogens with one attached hydrogen (secondary N) is 1. The lowest BCUT2D eigenvalue weighted by atomic mass is 10.00. The van der Waals surface area contributed by atoms with Crippen molar-refractivity contribution in [2.75, 3.05) is 24.6 Å². The molecule has 1 saturated heterocycles. The Balaban J connectivity index is 2.19. The fraction of sp³-hybridized carbons (Fsp3) is 0.818. The first-order valence-electron chi connectivity index (χ1n) is 6.02. The van der Waals surface area contributed by atoms with E-state index in [1.807, 2.05) is 0 Å². The summed E-state index contributed by atoms with van der Waals surface area (Å²) in [6.07, 6.45) is 1.60. The molecule has 1 fully saturated rings. The molecule has 0 aromatic carbocycles. The van der Waals surface area contributed by atoms with Crippen molar-refractivity contribution < 1.29 is 9.31 Å². The average Bonchev–Trinajstić information content (AvgIpc) is 2.62. The molecule has 0 saturated carbocycles. The molecule has 1 aliphatic heterocycles. The molecular formula is C11H21N5O. The van der Waals surface area contributed by atoms with Gasteiger partial charge in [0.1, 0.15) is 0 Å². The molecule has 0 spiro atoms. The van der Waals surface area contributed by atoms with E-state index in [0.29, 0.717) is 6.04 Å². The molecule has 0 bridgehead atoms. The second-order valence-electron chi connectivity index (χ2n) is 5.49. The number of hydrogen-bond donors (Lipinski definition) is 1. The maximum Gasteiger partial charge on any atom is 0.286 e. The van der Waals surface area contributed by atoms with Gasteiger partial charge in [-0.15, -0.1) is 0 Å². The molecule has 6 nitrogen and oxygen atoms in total. The van der Waals surface area contributed by atoms with Crippen LogP contribution in [0.15, 0.2) is 10.7 Å². The zero-order chi connectivity index (χ0) is 12.6. The van der Waals surface area contributed by atoms with Gasteiger partial charge in [-0.25, -0.2) is 0 Å². The topological polar surface area (TPSA) is 61.5 Å². The van der Waals surface area contributed by atoms with E-state index in [2.05, 4.69) is 42.9 Å². The van der Waals surface area contributed by atoms with Crippen molar-refractivity contribution in [3.8, 4) is 0 Å². The van der Waals surface area contributed by atoms with Crippen molar-refractivity contribution in [2.24, 2.45) is 0 Å². The first-order valence-corrected chi connectivity index (χ1v) is 6.02. The predicted molar refractivity (Wildman–Crippen MR) is 61.9 cm³/mol. The van der Waals surface area contributed by atoms with Crippen molar-refractivity contribution in [3.05, 3.63) is 11.8 Å². The van der Waals surface area contributed by atoms with Gasteiger partial charge in [0.15, 0.2) is 0 Å². The highest BCUT2D eigenvalue weighted by Gasteiger charge is 2.34. The Morgan fingerprint density at radius 2 is 2.18 bits per heavy atom. The molecule has 96 valence electrons. The summed E-state index contributed by atoms with van der Waals surface area (Å²) in [4.78, 5) is 4.11. The molecule has 0 atom stereocenters. The van der Waals surface area contributed by atoms with Crippen molar-refractivity contribution in [1.82, 2.24) is 10.2 Å². The Hall–Kier alpha value is -1.30. The minimum atomic E-state index is -0.0174.